The fourth-order valence-electron chi connectivity index (χ4n) is 2.09. The van der Waals surface area contributed by atoms with Crippen molar-refractivity contribution in [1.29, 1.82) is 0 Å². The Balaban J connectivity index is 0.00000312. The third kappa shape index (κ3) is 7.38. The summed E-state index contributed by atoms with van der Waals surface area (Å²) in [5.41, 5.74) is 0.939. The van der Waals surface area contributed by atoms with Crippen LogP contribution in [0.1, 0.15) is 41.0 Å². The molecule has 0 saturated carbocycles. The number of carbonyl (C=O) groups is 2. The first kappa shape index (κ1) is 22.0. The normalized spacial score (nSPS) is 11.1. The molecule has 2 rings (SSSR count). The number of carbonyl (C=O) groups excluding carboxylic acids is 2. The monoisotopic (exact) mass is 391 g/mol. The zero-order valence-corrected chi connectivity index (χ0v) is 14.7. The number of ether oxygens (including phenoxy) is 2. The molecule has 25 heavy (non-hydrogen) atoms. The number of amides is 1. The van der Waals surface area contributed by atoms with Crippen LogP contribution in [0.15, 0.2) is 41.8 Å². The van der Waals surface area contributed by atoms with Gasteiger partial charge in [-0.25, -0.2) is 9.59 Å². The van der Waals surface area contributed by atoms with Crippen LogP contribution in [0.5, 0.6) is 0 Å². The van der Waals surface area contributed by atoms with Crippen molar-refractivity contribution in [2.75, 3.05) is 6.79 Å². The van der Waals surface area contributed by atoms with E-state index in [-0.39, 0.29) is 35.6 Å². The Bertz CT molecular complexity index is 664. The van der Waals surface area contributed by atoms with E-state index in [1.807, 2.05) is 19.1 Å². The molecule has 130 valence electrons. The summed E-state index contributed by atoms with van der Waals surface area (Å²) in [6.45, 7) is 1.60. The second-order valence-corrected chi connectivity index (χ2v) is 6.38. The van der Waals surface area contributed by atoms with Gasteiger partial charge in [0.15, 0.2) is 0 Å². The van der Waals surface area contributed by atoms with Gasteiger partial charge in [-0.05, 0) is 35.6 Å². The van der Waals surface area contributed by atoms with Crippen LogP contribution in [0, 0.1) is 0 Å². The van der Waals surface area contributed by atoms with E-state index in [0.717, 1.165) is 18.4 Å². The van der Waals surface area contributed by atoms with Gasteiger partial charge in [-0.2, -0.15) is 0 Å². The molecule has 1 atom stereocenters. The van der Waals surface area contributed by atoms with Crippen molar-refractivity contribution in [2.45, 2.75) is 25.8 Å². The Morgan fingerprint density at radius 2 is 1.92 bits per heavy atom. The first-order valence-electron chi connectivity index (χ1n) is 7.49. The summed E-state index contributed by atoms with van der Waals surface area (Å²) in [6.07, 6.45) is 1.01. The molecule has 1 amide bonds. The third-order valence-corrected chi connectivity index (χ3v) is 4.35. The molecular weight excluding hydrogens is 373 g/mol. The predicted octanol–water partition coefficient (Wildman–Crippen LogP) is 4.13. The van der Waals surface area contributed by atoms with Crippen LogP contribution in [-0.2, 0) is 9.47 Å². The number of hydrogen-bond acceptors (Lipinski definition) is 5. The number of alkyl carbamates (subject to hydrolysis) is 1. The Labute approximate surface area is 178 Å². The molecule has 0 saturated heterocycles. The van der Waals surface area contributed by atoms with E-state index in [1.165, 1.54) is 11.3 Å². The Kier molecular flexibility index (Phi) is 10.2. The Morgan fingerprint density at radius 3 is 2.52 bits per heavy atom. The molecule has 8 heteroatoms. The predicted molar refractivity (Wildman–Crippen MR) is 100 cm³/mol. The van der Waals surface area contributed by atoms with Crippen LogP contribution in [0.3, 0.4) is 0 Å². The van der Waals surface area contributed by atoms with Crippen LogP contribution >= 0.6 is 22.9 Å². The molecular formula is C17H19ClNNaO4S. The molecule has 1 unspecified atom stereocenters. The van der Waals surface area contributed by atoms with E-state index in [1.54, 1.807) is 29.6 Å². The van der Waals surface area contributed by atoms with Gasteiger partial charge < -0.3 is 14.8 Å². The standard InChI is InChI=1S/C17H18ClNO4S.Na.H/c1-2-4-14(12-6-8-13(18)9-7-12)19-17(21)23-11-22-16(20)15-5-3-10-24-15;;/h3,5-10,14H,2,4,11H2,1H3,(H,19,21);;. The summed E-state index contributed by atoms with van der Waals surface area (Å²) in [5.74, 6) is -0.513. The van der Waals surface area contributed by atoms with Crippen molar-refractivity contribution >= 4 is 64.6 Å². The molecule has 0 aliphatic heterocycles. The van der Waals surface area contributed by atoms with E-state index in [0.29, 0.717) is 9.90 Å². The second kappa shape index (κ2) is 11.5. The summed E-state index contributed by atoms with van der Waals surface area (Å²) < 4.78 is 9.81. The van der Waals surface area contributed by atoms with Crippen molar-refractivity contribution in [3.8, 4) is 0 Å². The number of nitrogens with one attached hydrogen (secondary N) is 1. The Morgan fingerprint density at radius 1 is 1.20 bits per heavy atom. The van der Waals surface area contributed by atoms with Gasteiger partial charge in [0.1, 0.15) is 4.88 Å². The van der Waals surface area contributed by atoms with E-state index in [4.69, 9.17) is 21.1 Å². The molecule has 0 bridgehead atoms. The quantitative estimate of drug-likeness (QED) is 0.438. The first-order valence-corrected chi connectivity index (χ1v) is 8.75. The zero-order chi connectivity index (χ0) is 17.4. The van der Waals surface area contributed by atoms with Crippen LogP contribution in [0.2, 0.25) is 5.02 Å². The van der Waals surface area contributed by atoms with E-state index >= 15 is 0 Å². The summed E-state index contributed by atoms with van der Waals surface area (Å²) in [4.78, 5) is 24.0. The van der Waals surface area contributed by atoms with E-state index < -0.39 is 18.9 Å². The molecule has 0 radical (unpaired) electrons. The van der Waals surface area contributed by atoms with Gasteiger partial charge in [0.25, 0.3) is 0 Å². The maximum absolute atomic E-state index is 11.9. The van der Waals surface area contributed by atoms with Crippen molar-refractivity contribution < 1.29 is 19.1 Å². The van der Waals surface area contributed by atoms with Crippen molar-refractivity contribution in [2.24, 2.45) is 0 Å². The van der Waals surface area contributed by atoms with Gasteiger partial charge in [0.05, 0.1) is 6.04 Å². The topological polar surface area (TPSA) is 64.6 Å². The molecule has 0 fully saturated rings. The molecule has 1 N–H and O–H groups in total. The molecule has 0 aliphatic rings. The van der Waals surface area contributed by atoms with Gasteiger partial charge in [0, 0.05) is 5.02 Å². The number of hydrogen-bond donors (Lipinski definition) is 1. The van der Waals surface area contributed by atoms with Gasteiger partial charge in [-0.15, -0.1) is 11.3 Å². The van der Waals surface area contributed by atoms with Crippen molar-refractivity contribution in [1.82, 2.24) is 5.32 Å². The van der Waals surface area contributed by atoms with Gasteiger partial charge in [-0.3, -0.25) is 0 Å². The SMILES string of the molecule is CCCC(NC(=O)OCOC(=O)c1cccs1)c1ccc(Cl)cc1.[NaH]. The number of rotatable bonds is 7. The van der Waals surface area contributed by atoms with Gasteiger partial charge in [-0.1, -0.05) is 43.1 Å². The minimum absolute atomic E-state index is 0. The molecule has 1 aromatic carbocycles. The van der Waals surface area contributed by atoms with Gasteiger partial charge >= 0.3 is 41.6 Å². The summed E-state index contributed by atoms with van der Waals surface area (Å²) in [7, 11) is 0. The minimum atomic E-state index is -0.637. The van der Waals surface area contributed by atoms with Crippen LogP contribution in [0.4, 0.5) is 4.79 Å². The number of halogens is 1. The van der Waals surface area contributed by atoms with Crippen molar-refractivity contribution in [3.05, 3.63) is 57.2 Å². The number of esters is 1. The fraction of sp³-hybridized carbons (Fsp3) is 0.294. The summed E-state index contributed by atoms with van der Waals surface area (Å²) in [6, 6.07) is 10.5. The maximum atomic E-state index is 11.9. The molecule has 1 aromatic heterocycles. The molecule has 0 spiro atoms. The van der Waals surface area contributed by atoms with Gasteiger partial charge in [0.2, 0.25) is 6.79 Å². The second-order valence-electron chi connectivity index (χ2n) is 5.00. The summed E-state index contributed by atoms with van der Waals surface area (Å²) >= 11 is 7.14. The van der Waals surface area contributed by atoms with E-state index in [2.05, 4.69) is 5.32 Å². The number of benzene rings is 1. The van der Waals surface area contributed by atoms with E-state index in [9.17, 15) is 9.59 Å². The molecule has 1 heterocycles. The summed E-state index contributed by atoms with van der Waals surface area (Å²) in [5, 5.41) is 5.17. The fourth-order valence-corrected chi connectivity index (χ4v) is 2.83. The zero-order valence-electron chi connectivity index (χ0n) is 13.2. The first-order chi connectivity index (χ1) is 11.6. The molecule has 2 aromatic rings. The van der Waals surface area contributed by atoms with Crippen LogP contribution in [-0.4, -0.2) is 48.4 Å². The molecule has 0 aliphatic carbocycles. The van der Waals surface area contributed by atoms with Crippen LogP contribution in [0.25, 0.3) is 0 Å². The molecule has 5 nitrogen and oxygen atoms in total. The number of thiophene rings is 1. The Hall–Kier alpha value is -1.05. The average molecular weight is 392 g/mol. The average Bonchev–Trinajstić information content (AvgIpc) is 3.10. The van der Waals surface area contributed by atoms with Crippen molar-refractivity contribution in [3.63, 3.8) is 0 Å². The van der Waals surface area contributed by atoms with Crippen LogP contribution < -0.4 is 5.32 Å². The third-order valence-electron chi connectivity index (χ3n) is 3.24.